The van der Waals surface area contributed by atoms with E-state index in [2.05, 4.69) is 29.4 Å². The largest absolute Gasteiger partial charge is 0.349 e. The molecule has 1 aliphatic carbocycles. The second kappa shape index (κ2) is 5.46. The molecule has 2 rings (SSSR count). The minimum Gasteiger partial charge on any atom is -0.349 e. The fourth-order valence-electron chi connectivity index (χ4n) is 2.51. The van der Waals surface area contributed by atoms with Crippen molar-refractivity contribution >= 4 is 5.91 Å². The molecule has 1 aliphatic rings. The van der Waals surface area contributed by atoms with Crippen molar-refractivity contribution in [1.29, 1.82) is 0 Å². The first-order valence-corrected chi connectivity index (χ1v) is 6.70. The van der Waals surface area contributed by atoms with Gasteiger partial charge in [0, 0.05) is 6.04 Å². The summed E-state index contributed by atoms with van der Waals surface area (Å²) in [5.74, 6) is -0.0324. The number of hydrogen-bond donors (Lipinski definition) is 1. The lowest BCUT2D eigenvalue weighted by atomic mass is 9.72. The standard InChI is InChI=1S/C14H21N3O/c1-3-14(2)7-4-12(5-8-14)17-13(18)11-6-9-15-16-10-11/h6,9-10,12H,3-5,7-8H2,1-2H3,(H,17,18). The molecule has 0 bridgehead atoms. The van der Waals surface area contributed by atoms with Crippen LogP contribution < -0.4 is 5.32 Å². The van der Waals surface area contributed by atoms with Crippen molar-refractivity contribution in [2.75, 3.05) is 0 Å². The summed E-state index contributed by atoms with van der Waals surface area (Å²) in [5, 5.41) is 10.5. The van der Waals surface area contributed by atoms with E-state index in [1.54, 1.807) is 12.3 Å². The van der Waals surface area contributed by atoms with Crippen LogP contribution in [0, 0.1) is 5.41 Å². The third-order valence-electron chi connectivity index (χ3n) is 4.23. The van der Waals surface area contributed by atoms with Gasteiger partial charge in [0.15, 0.2) is 0 Å². The van der Waals surface area contributed by atoms with Gasteiger partial charge in [-0.05, 0) is 37.2 Å². The van der Waals surface area contributed by atoms with Gasteiger partial charge in [-0.3, -0.25) is 4.79 Å². The Labute approximate surface area is 108 Å². The number of carbonyl (C=O) groups excluding carboxylic acids is 1. The van der Waals surface area contributed by atoms with Crippen LogP contribution in [0.25, 0.3) is 0 Å². The van der Waals surface area contributed by atoms with Gasteiger partial charge in [-0.25, -0.2) is 0 Å². The highest BCUT2D eigenvalue weighted by atomic mass is 16.1. The minimum absolute atomic E-state index is 0.0324. The Morgan fingerprint density at radius 1 is 1.44 bits per heavy atom. The van der Waals surface area contributed by atoms with Crippen molar-refractivity contribution in [2.45, 2.75) is 52.0 Å². The van der Waals surface area contributed by atoms with Gasteiger partial charge in [-0.1, -0.05) is 20.3 Å². The number of rotatable bonds is 3. The maximum atomic E-state index is 12.0. The van der Waals surface area contributed by atoms with Gasteiger partial charge in [-0.2, -0.15) is 10.2 Å². The van der Waals surface area contributed by atoms with Crippen LogP contribution in [0.3, 0.4) is 0 Å². The Morgan fingerprint density at radius 3 is 2.72 bits per heavy atom. The van der Waals surface area contributed by atoms with Crippen molar-refractivity contribution in [3.05, 3.63) is 24.0 Å². The molecular weight excluding hydrogens is 226 g/mol. The van der Waals surface area contributed by atoms with Crippen LogP contribution in [-0.4, -0.2) is 22.1 Å². The molecule has 0 atom stereocenters. The molecule has 0 aliphatic heterocycles. The molecule has 4 heteroatoms. The smallest absolute Gasteiger partial charge is 0.253 e. The molecule has 1 heterocycles. The summed E-state index contributed by atoms with van der Waals surface area (Å²) in [6.45, 7) is 4.60. The molecule has 1 aromatic heterocycles. The molecule has 0 saturated heterocycles. The lowest BCUT2D eigenvalue weighted by molar-refractivity contribution is 0.0901. The molecule has 1 aromatic rings. The Morgan fingerprint density at radius 2 is 2.17 bits per heavy atom. The van der Waals surface area contributed by atoms with Crippen molar-refractivity contribution in [3.8, 4) is 0 Å². The lowest BCUT2D eigenvalue weighted by Crippen LogP contribution is -2.39. The first-order valence-electron chi connectivity index (χ1n) is 6.70. The summed E-state index contributed by atoms with van der Waals surface area (Å²) >= 11 is 0. The van der Waals surface area contributed by atoms with Gasteiger partial charge in [-0.15, -0.1) is 0 Å². The van der Waals surface area contributed by atoms with Gasteiger partial charge in [0.1, 0.15) is 0 Å². The number of hydrogen-bond acceptors (Lipinski definition) is 3. The zero-order valence-corrected chi connectivity index (χ0v) is 11.1. The van der Waals surface area contributed by atoms with Gasteiger partial charge >= 0.3 is 0 Å². The summed E-state index contributed by atoms with van der Waals surface area (Å²) in [6.07, 6.45) is 8.83. The number of nitrogens with one attached hydrogen (secondary N) is 1. The van der Waals surface area contributed by atoms with Crippen LogP contribution in [0.2, 0.25) is 0 Å². The number of amides is 1. The third kappa shape index (κ3) is 3.06. The van der Waals surface area contributed by atoms with E-state index in [-0.39, 0.29) is 5.91 Å². The molecule has 18 heavy (non-hydrogen) atoms. The molecule has 1 saturated carbocycles. The number of aromatic nitrogens is 2. The molecule has 0 radical (unpaired) electrons. The van der Waals surface area contributed by atoms with Crippen molar-refractivity contribution in [2.24, 2.45) is 5.41 Å². The third-order valence-corrected chi connectivity index (χ3v) is 4.23. The second-order valence-electron chi connectivity index (χ2n) is 5.54. The van der Waals surface area contributed by atoms with Crippen LogP contribution in [0.5, 0.6) is 0 Å². The lowest BCUT2D eigenvalue weighted by Gasteiger charge is -2.36. The van der Waals surface area contributed by atoms with Crippen LogP contribution in [-0.2, 0) is 0 Å². The van der Waals surface area contributed by atoms with Crippen molar-refractivity contribution < 1.29 is 4.79 Å². The van der Waals surface area contributed by atoms with E-state index in [1.807, 2.05) is 0 Å². The van der Waals surface area contributed by atoms with Gasteiger partial charge in [0.2, 0.25) is 0 Å². The molecule has 4 nitrogen and oxygen atoms in total. The highest BCUT2D eigenvalue weighted by Gasteiger charge is 2.30. The molecule has 1 N–H and O–H groups in total. The fraction of sp³-hybridized carbons (Fsp3) is 0.643. The molecule has 0 aromatic carbocycles. The van der Waals surface area contributed by atoms with Crippen molar-refractivity contribution in [1.82, 2.24) is 15.5 Å². The average Bonchev–Trinajstić information content (AvgIpc) is 2.42. The molecule has 0 spiro atoms. The number of nitrogens with zero attached hydrogens (tertiary/aromatic N) is 2. The summed E-state index contributed by atoms with van der Waals surface area (Å²) in [6, 6.07) is 2.01. The normalized spacial score (nSPS) is 27.8. The Hall–Kier alpha value is -1.45. The minimum atomic E-state index is -0.0324. The summed E-state index contributed by atoms with van der Waals surface area (Å²) < 4.78 is 0. The molecular formula is C14H21N3O. The molecule has 1 fully saturated rings. The quantitative estimate of drug-likeness (QED) is 0.893. The van der Waals surface area contributed by atoms with Crippen LogP contribution in [0.4, 0.5) is 0 Å². The zero-order valence-electron chi connectivity index (χ0n) is 11.1. The second-order valence-corrected chi connectivity index (χ2v) is 5.54. The Balaban J connectivity index is 1.87. The molecule has 1 amide bonds. The number of carbonyl (C=O) groups is 1. The van der Waals surface area contributed by atoms with E-state index in [0.29, 0.717) is 17.0 Å². The summed E-state index contributed by atoms with van der Waals surface area (Å²) in [4.78, 5) is 12.0. The predicted octanol–water partition coefficient (Wildman–Crippen LogP) is 2.57. The predicted molar refractivity (Wildman–Crippen MR) is 70.2 cm³/mol. The zero-order chi connectivity index (χ0) is 13.0. The van der Waals surface area contributed by atoms with Gasteiger partial charge in [0.05, 0.1) is 18.0 Å². The highest BCUT2D eigenvalue weighted by Crippen LogP contribution is 2.38. The first kappa shape index (κ1) is 13.0. The maximum Gasteiger partial charge on any atom is 0.253 e. The van der Waals surface area contributed by atoms with E-state index in [1.165, 1.54) is 25.5 Å². The molecule has 98 valence electrons. The van der Waals surface area contributed by atoms with Crippen LogP contribution >= 0.6 is 0 Å². The maximum absolute atomic E-state index is 12.0. The van der Waals surface area contributed by atoms with Gasteiger partial charge < -0.3 is 5.32 Å². The van der Waals surface area contributed by atoms with E-state index < -0.39 is 0 Å². The van der Waals surface area contributed by atoms with Crippen molar-refractivity contribution in [3.63, 3.8) is 0 Å². The van der Waals surface area contributed by atoms with E-state index in [4.69, 9.17) is 0 Å². The SMILES string of the molecule is CCC1(C)CCC(NC(=O)c2ccnnc2)CC1. The molecule has 0 unspecified atom stereocenters. The summed E-state index contributed by atoms with van der Waals surface area (Å²) in [5.41, 5.74) is 1.06. The fourth-order valence-corrected chi connectivity index (χ4v) is 2.51. The highest BCUT2D eigenvalue weighted by molar-refractivity contribution is 5.93. The Bertz CT molecular complexity index is 397. The summed E-state index contributed by atoms with van der Waals surface area (Å²) in [7, 11) is 0. The topological polar surface area (TPSA) is 54.9 Å². The van der Waals surface area contributed by atoms with Gasteiger partial charge in [0.25, 0.3) is 5.91 Å². The van der Waals surface area contributed by atoms with Crippen LogP contribution in [0.15, 0.2) is 18.5 Å². The van der Waals surface area contributed by atoms with E-state index >= 15 is 0 Å². The van der Waals surface area contributed by atoms with Crippen LogP contribution in [0.1, 0.15) is 56.3 Å². The van der Waals surface area contributed by atoms with E-state index in [9.17, 15) is 4.79 Å². The first-order chi connectivity index (χ1) is 8.63. The average molecular weight is 247 g/mol. The monoisotopic (exact) mass is 247 g/mol. The van der Waals surface area contributed by atoms with E-state index in [0.717, 1.165) is 12.8 Å². The Kier molecular flexibility index (Phi) is 3.94.